The van der Waals surface area contributed by atoms with Gasteiger partial charge in [0.15, 0.2) is 0 Å². The molecule has 0 saturated carbocycles. The molecule has 1 fully saturated rings. The SMILES string of the molecule is C[C@H](N)CCc1ccc(N2CCCC2)nc1. The maximum Gasteiger partial charge on any atom is 0.128 e. The fraction of sp³-hybridized carbons (Fsp3) is 0.615. The van der Waals surface area contributed by atoms with Crippen LogP contribution in [-0.2, 0) is 6.42 Å². The van der Waals surface area contributed by atoms with Gasteiger partial charge in [-0.15, -0.1) is 0 Å². The lowest BCUT2D eigenvalue weighted by Crippen LogP contribution is -2.19. The van der Waals surface area contributed by atoms with Crippen LogP contribution in [0.1, 0.15) is 31.7 Å². The average molecular weight is 219 g/mol. The Morgan fingerprint density at radius 1 is 1.38 bits per heavy atom. The van der Waals surface area contributed by atoms with E-state index < -0.39 is 0 Å². The Bertz CT molecular complexity index is 312. The Morgan fingerprint density at radius 2 is 2.12 bits per heavy atom. The lowest BCUT2D eigenvalue weighted by atomic mass is 10.1. The molecule has 16 heavy (non-hydrogen) atoms. The molecule has 0 amide bonds. The van der Waals surface area contributed by atoms with Gasteiger partial charge in [0.2, 0.25) is 0 Å². The molecule has 0 radical (unpaired) electrons. The maximum atomic E-state index is 5.74. The van der Waals surface area contributed by atoms with E-state index in [1.54, 1.807) is 0 Å². The number of rotatable bonds is 4. The van der Waals surface area contributed by atoms with Crippen molar-refractivity contribution >= 4 is 5.82 Å². The van der Waals surface area contributed by atoms with Gasteiger partial charge >= 0.3 is 0 Å². The molecular formula is C13H21N3. The Balaban J connectivity index is 1.93. The molecule has 0 spiro atoms. The third kappa shape index (κ3) is 2.95. The van der Waals surface area contributed by atoms with Gasteiger partial charge in [-0.3, -0.25) is 0 Å². The maximum absolute atomic E-state index is 5.74. The number of hydrogen-bond acceptors (Lipinski definition) is 3. The topological polar surface area (TPSA) is 42.1 Å². The second-order valence-electron chi connectivity index (χ2n) is 4.73. The Hall–Kier alpha value is -1.09. The van der Waals surface area contributed by atoms with Crippen LogP contribution in [0.5, 0.6) is 0 Å². The molecule has 0 unspecified atom stereocenters. The Kier molecular flexibility index (Phi) is 3.78. The second kappa shape index (κ2) is 5.30. The Labute approximate surface area is 97.7 Å². The smallest absolute Gasteiger partial charge is 0.128 e. The third-order valence-electron chi connectivity index (χ3n) is 3.13. The predicted molar refractivity (Wildman–Crippen MR) is 67.7 cm³/mol. The van der Waals surface area contributed by atoms with Crippen molar-refractivity contribution in [1.82, 2.24) is 4.98 Å². The number of aryl methyl sites for hydroxylation is 1. The largest absolute Gasteiger partial charge is 0.357 e. The fourth-order valence-electron chi connectivity index (χ4n) is 2.09. The minimum atomic E-state index is 0.276. The summed E-state index contributed by atoms with van der Waals surface area (Å²) in [5, 5.41) is 0. The van der Waals surface area contributed by atoms with Crippen LogP contribution >= 0.6 is 0 Å². The number of nitrogens with zero attached hydrogens (tertiary/aromatic N) is 2. The highest BCUT2D eigenvalue weighted by Crippen LogP contribution is 2.17. The molecule has 88 valence electrons. The van der Waals surface area contributed by atoms with Gasteiger partial charge in [0, 0.05) is 25.3 Å². The quantitative estimate of drug-likeness (QED) is 0.841. The van der Waals surface area contributed by atoms with Crippen molar-refractivity contribution in [2.75, 3.05) is 18.0 Å². The van der Waals surface area contributed by atoms with Crippen molar-refractivity contribution in [3.63, 3.8) is 0 Å². The first-order valence-corrected chi connectivity index (χ1v) is 6.21. The van der Waals surface area contributed by atoms with E-state index in [1.807, 2.05) is 13.1 Å². The first-order chi connectivity index (χ1) is 7.75. The van der Waals surface area contributed by atoms with Gasteiger partial charge in [-0.05, 0) is 44.2 Å². The zero-order valence-corrected chi connectivity index (χ0v) is 10.0. The number of hydrogen-bond donors (Lipinski definition) is 1. The van der Waals surface area contributed by atoms with Crippen LogP contribution < -0.4 is 10.6 Å². The summed E-state index contributed by atoms with van der Waals surface area (Å²) in [5.74, 6) is 1.13. The molecule has 2 heterocycles. The van der Waals surface area contributed by atoms with Crippen LogP contribution in [0.3, 0.4) is 0 Å². The summed E-state index contributed by atoms with van der Waals surface area (Å²) >= 11 is 0. The lowest BCUT2D eigenvalue weighted by Gasteiger charge is -2.16. The number of pyridine rings is 1. The normalized spacial score (nSPS) is 17.8. The zero-order chi connectivity index (χ0) is 11.4. The first-order valence-electron chi connectivity index (χ1n) is 6.21. The molecule has 1 aromatic rings. The van der Waals surface area contributed by atoms with Crippen LogP contribution in [0.25, 0.3) is 0 Å². The van der Waals surface area contributed by atoms with E-state index in [9.17, 15) is 0 Å². The molecule has 1 aliphatic rings. The van der Waals surface area contributed by atoms with E-state index in [0.717, 1.165) is 31.7 Å². The summed E-state index contributed by atoms with van der Waals surface area (Å²) in [4.78, 5) is 6.88. The highest BCUT2D eigenvalue weighted by Gasteiger charge is 2.12. The molecule has 0 bridgehead atoms. The molecule has 3 heteroatoms. The standard InChI is InChI=1S/C13H21N3/c1-11(14)4-5-12-6-7-13(15-10-12)16-8-2-3-9-16/h6-7,10-11H,2-5,8-9,14H2,1H3/t11-/m0/s1. The highest BCUT2D eigenvalue weighted by molar-refractivity contribution is 5.40. The third-order valence-corrected chi connectivity index (χ3v) is 3.13. The van der Waals surface area contributed by atoms with Gasteiger partial charge in [-0.1, -0.05) is 6.07 Å². The van der Waals surface area contributed by atoms with Crippen molar-refractivity contribution in [3.8, 4) is 0 Å². The van der Waals surface area contributed by atoms with Gasteiger partial charge in [-0.25, -0.2) is 4.98 Å². The van der Waals surface area contributed by atoms with E-state index in [-0.39, 0.29) is 6.04 Å². The second-order valence-corrected chi connectivity index (χ2v) is 4.73. The first kappa shape index (κ1) is 11.4. The minimum absolute atomic E-state index is 0.276. The van der Waals surface area contributed by atoms with Crippen LogP contribution in [0, 0.1) is 0 Å². The Morgan fingerprint density at radius 3 is 2.69 bits per heavy atom. The summed E-state index contributed by atoms with van der Waals surface area (Å²) in [6.45, 7) is 4.37. The molecule has 3 nitrogen and oxygen atoms in total. The molecule has 1 saturated heterocycles. The number of aromatic nitrogens is 1. The van der Waals surface area contributed by atoms with Crippen LogP contribution in [0.2, 0.25) is 0 Å². The van der Waals surface area contributed by atoms with Crippen LogP contribution in [0.15, 0.2) is 18.3 Å². The number of anilines is 1. The van der Waals surface area contributed by atoms with Crippen molar-refractivity contribution < 1.29 is 0 Å². The molecule has 0 aliphatic carbocycles. The lowest BCUT2D eigenvalue weighted by molar-refractivity contribution is 0.665. The van der Waals surface area contributed by atoms with Crippen LogP contribution in [0.4, 0.5) is 5.82 Å². The van der Waals surface area contributed by atoms with Crippen molar-refractivity contribution in [3.05, 3.63) is 23.9 Å². The summed E-state index contributed by atoms with van der Waals surface area (Å²) in [5.41, 5.74) is 7.03. The fourth-order valence-corrected chi connectivity index (χ4v) is 2.09. The van der Waals surface area contributed by atoms with Gasteiger partial charge in [0.05, 0.1) is 0 Å². The highest BCUT2D eigenvalue weighted by atomic mass is 15.2. The summed E-state index contributed by atoms with van der Waals surface area (Å²) in [7, 11) is 0. The van der Waals surface area contributed by atoms with E-state index in [4.69, 9.17) is 5.73 Å². The van der Waals surface area contributed by atoms with Gasteiger partial charge in [0.1, 0.15) is 5.82 Å². The van der Waals surface area contributed by atoms with Crippen LogP contribution in [-0.4, -0.2) is 24.1 Å². The van der Waals surface area contributed by atoms with Gasteiger partial charge in [-0.2, -0.15) is 0 Å². The van der Waals surface area contributed by atoms with Crippen molar-refractivity contribution in [2.45, 2.75) is 38.6 Å². The average Bonchev–Trinajstić information content (AvgIpc) is 2.80. The van der Waals surface area contributed by atoms with Gasteiger partial charge < -0.3 is 10.6 Å². The summed E-state index contributed by atoms with van der Waals surface area (Å²) < 4.78 is 0. The summed E-state index contributed by atoms with van der Waals surface area (Å²) in [6.07, 6.45) is 6.66. The van der Waals surface area contributed by atoms with E-state index in [1.165, 1.54) is 18.4 Å². The molecular weight excluding hydrogens is 198 g/mol. The minimum Gasteiger partial charge on any atom is -0.357 e. The van der Waals surface area contributed by atoms with E-state index in [0.29, 0.717) is 0 Å². The molecule has 1 aliphatic heterocycles. The monoisotopic (exact) mass is 219 g/mol. The molecule has 0 aromatic carbocycles. The predicted octanol–water partition coefficient (Wildman–Crippen LogP) is 1.96. The number of nitrogens with two attached hydrogens (primary N) is 1. The van der Waals surface area contributed by atoms with E-state index >= 15 is 0 Å². The van der Waals surface area contributed by atoms with E-state index in [2.05, 4.69) is 22.0 Å². The van der Waals surface area contributed by atoms with Gasteiger partial charge in [0.25, 0.3) is 0 Å². The summed E-state index contributed by atoms with van der Waals surface area (Å²) in [6, 6.07) is 4.60. The van der Waals surface area contributed by atoms with Crippen molar-refractivity contribution in [2.24, 2.45) is 5.73 Å². The molecule has 2 rings (SSSR count). The molecule has 2 N–H and O–H groups in total. The van der Waals surface area contributed by atoms with Crippen molar-refractivity contribution in [1.29, 1.82) is 0 Å². The molecule has 1 atom stereocenters. The zero-order valence-electron chi connectivity index (χ0n) is 10.0. The molecule has 1 aromatic heterocycles.